The number of hydrogen-bond donors (Lipinski definition) is 3. The first kappa shape index (κ1) is 15.3. The molecule has 3 rings (SSSR count). The monoisotopic (exact) mass is 311 g/mol. The van der Waals surface area contributed by atoms with Crippen LogP contribution in [-0.4, -0.2) is 53.8 Å². The van der Waals surface area contributed by atoms with Crippen LogP contribution in [0.15, 0.2) is 12.5 Å². The average molecular weight is 311 g/mol. The van der Waals surface area contributed by atoms with Crippen LogP contribution in [0.4, 0.5) is 4.39 Å². The van der Waals surface area contributed by atoms with Crippen molar-refractivity contribution in [3.63, 3.8) is 0 Å². The van der Waals surface area contributed by atoms with Crippen molar-refractivity contribution in [3.8, 4) is 0 Å². The van der Waals surface area contributed by atoms with Gasteiger partial charge in [0.05, 0.1) is 17.2 Å². The van der Waals surface area contributed by atoms with Crippen LogP contribution in [-0.2, 0) is 4.74 Å². The van der Waals surface area contributed by atoms with Crippen LogP contribution in [0, 0.1) is 12.7 Å². The largest absolute Gasteiger partial charge is 0.391 e. The SMILES string of the molecule is Cc1ncnc2c1c(F)cn2[C@@H]1O[C@H]([C@@H](C)O)[C@@H](O)[C@@]1(C)O. The molecule has 5 atom stereocenters. The summed E-state index contributed by atoms with van der Waals surface area (Å²) >= 11 is 0. The van der Waals surface area contributed by atoms with Crippen LogP contribution in [0.2, 0.25) is 0 Å². The van der Waals surface area contributed by atoms with Crippen molar-refractivity contribution in [1.82, 2.24) is 14.5 Å². The van der Waals surface area contributed by atoms with Gasteiger partial charge in [-0.15, -0.1) is 0 Å². The Morgan fingerprint density at radius 3 is 2.73 bits per heavy atom. The molecule has 0 bridgehead atoms. The van der Waals surface area contributed by atoms with E-state index >= 15 is 0 Å². The summed E-state index contributed by atoms with van der Waals surface area (Å²) in [4.78, 5) is 7.99. The van der Waals surface area contributed by atoms with Crippen LogP contribution in [0.3, 0.4) is 0 Å². The highest BCUT2D eigenvalue weighted by molar-refractivity contribution is 5.79. The van der Waals surface area contributed by atoms with Gasteiger partial charge in [0.1, 0.15) is 29.8 Å². The zero-order chi connectivity index (χ0) is 16.2. The summed E-state index contributed by atoms with van der Waals surface area (Å²) in [5, 5.41) is 30.6. The van der Waals surface area contributed by atoms with E-state index in [-0.39, 0.29) is 11.0 Å². The highest BCUT2D eigenvalue weighted by Crippen LogP contribution is 2.41. The van der Waals surface area contributed by atoms with Crippen molar-refractivity contribution >= 4 is 11.0 Å². The number of fused-ring (bicyclic) bond motifs is 1. The molecule has 0 saturated carbocycles. The summed E-state index contributed by atoms with van der Waals surface area (Å²) in [7, 11) is 0. The first-order chi connectivity index (χ1) is 10.2. The Morgan fingerprint density at radius 1 is 1.45 bits per heavy atom. The van der Waals surface area contributed by atoms with Crippen molar-refractivity contribution in [3.05, 3.63) is 24.0 Å². The van der Waals surface area contributed by atoms with Gasteiger partial charge < -0.3 is 20.1 Å². The molecule has 0 aliphatic carbocycles. The fourth-order valence-corrected chi connectivity index (χ4v) is 2.93. The third kappa shape index (κ3) is 2.03. The number of hydrogen-bond acceptors (Lipinski definition) is 6. The fraction of sp³-hybridized carbons (Fsp3) is 0.571. The number of halogens is 1. The van der Waals surface area contributed by atoms with E-state index in [0.29, 0.717) is 5.69 Å². The highest BCUT2D eigenvalue weighted by Gasteiger charge is 2.54. The van der Waals surface area contributed by atoms with E-state index in [1.54, 1.807) is 6.92 Å². The molecule has 22 heavy (non-hydrogen) atoms. The van der Waals surface area contributed by atoms with Crippen LogP contribution < -0.4 is 0 Å². The lowest BCUT2D eigenvalue weighted by atomic mass is 9.94. The molecule has 2 aromatic rings. The Balaban J connectivity index is 2.14. The number of aromatic nitrogens is 3. The number of aryl methyl sites for hydroxylation is 1. The number of ether oxygens (including phenoxy) is 1. The van der Waals surface area contributed by atoms with E-state index in [1.807, 2.05) is 0 Å². The predicted molar refractivity (Wildman–Crippen MR) is 74.4 cm³/mol. The molecule has 0 unspecified atom stereocenters. The number of nitrogens with zero attached hydrogens (tertiary/aromatic N) is 3. The summed E-state index contributed by atoms with van der Waals surface area (Å²) < 4.78 is 21.1. The van der Waals surface area contributed by atoms with Gasteiger partial charge in [0.2, 0.25) is 0 Å². The van der Waals surface area contributed by atoms with E-state index in [4.69, 9.17) is 4.74 Å². The third-order valence-corrected chi connectivity index (χ3v) is 4.18. The molecular weight excluding hydrogens is 293 g/mol. The Labute approximate surface area is 126 Å². The van der Waals surface area contributed by atoms with Gasteiger partial charge in [-0.25, -0.2) is 14.4 Å². The minimum absolute atomic E-state index is 0.233. The van der Waals surface area contributed by atoms with E-state index in [2.05, 4.69) is 9.97 Å². The summed E-state index contributed by atoms with van der Waals surface area (Å²) in [5.41, 5.74) is -0.987. The fourth-order valence-electron chi connectivity index (χ4n) is 2.93. The molecule has 1 aliphatic heterocycles. The maximum atomic E-state index is 14.2. The molecule has 0 amide bonds. The summed E-state index contributed by atoms with van der Waals surface area (Å²) in [5.74, 6) is -0.539. The molecule has 2 aromatic heterocycles. The van der Waals surface area contributed by atoms with Crippen molar-refractivity contribution in [1.29, 1.82) is 0 Å². The topological polar surface area (TPSA) is 101 Å². The second-order valence-corrected chi connectivity index (χ2v) is 5.91. The molecule has 0 spiro atoms. The van der Waals surface area contributed by atoms with Crippen molar-refractivity contribution < 1.29 is 24.4 Å². The Hall–Kier alpha value is -1.61. The van der Waals surface area contributed by atoms with Gasteiger partial charge in [-0.2, -0.15) is 0 Å². The molecule has 1 fully saturated rings. The maximum Gasteiger partial charge on any atom is 0.167 e. The van der Waals surface area contributed by atoms with E-state index in [9.17, 15) is 19.7 Å². The van der Waals surface area contributed by atoms with E-state index < -0.39 is 36.0 Å². The van der Waals surface area contributed by atoms with E-state index in [0.717, 1.165) is 6.20 Å². The van der Waals surface area contributed by atoms with E-state index in [1.165, 1.54) is 24.7 Å². The van der Waals surface area contributed by atoms with Crippen molar-refractivity contribution in [2.45, 2.75) is 50.9 Å². The second kappa shape index (κ2) is 4.95. The molecular formula is C14H18FN3O4. The third-order valence-electron chi connectivity index (χ3n) is 4.18. The molecule has 1 saturated heterocycles. The molecule has 3 N–H and O–H groups in total. The van der Waals surface area contributed by atoms with Gasteiger partial charge in [-0.05, 0) is 20.8 Å². The summed E-state index contributed by atoms with van der Waals surface area (Å²) in [6, 6.07) is 0. The first-order valence-electron chi connectivity index (χ1n) is 6.96. The number of aliphatic hydroxyl groups excluding tert-OH is 2. The smallest absolute Gasteiger partial charge is 0.167 e. The van der Waals surface area contributed by atoms with Gasteiger partial charge in [-0.3, -0.25) is 4.57 Å². The lowest BCUT2D eigenvalue weighted by molar-refractivity contribution is -0.0986. The summed E-state index contributed by atoms with van der Waals surface area (Å²) in [6.45, 7) is 4.48. The Kier molecular flexibility index (Phi) is 3.44. The number of rotatable bonds is 2. The first-order valence-corrected chi connectivity index (χ1v) is 6.96. The second-order valence-electron chi connectivity index (χ2n) is 5.91. The zero-order valence-electron chi connectivity index (χ0n) is 12.4. The molecule has 0 radical (unpaired) electrons. The van der Waals surface area contributed by atoms with Crippen LogP contribution >= 0.6 is 0 Å². The molecule has 1 aliphatic rings. The van der Waals surface area contributed by atoms with Crippen LogP contribution in [0.1, 0.15) is 25.8 Å². The normalized spacial score (nSPS) is 33.5. The van der Waals surface area contributed by atoms with Gasteiger partial charge in [0, 0.05) is 6.20 Å². The molecule has 3 heterocycles. The quantitative estimate of drug-likeness (QED) is 0.736. The average Bonchev–Trinajstić information content (AvgIpc) is 2.87. The standard InChI is InChI=1S/C14H18FN3O4/c1-6-9-8(15)4-18(12(9)17-5-16-6)13-14(3,21)11(20)10(22-13)7(2)19/h4-5,7,10-11,13,19-21H,1-3H3/t7-,10-,11-,13-,14-/m1/s1. The van der Waals surface area contributed by atoms with Crippen LogP contribution in [0.25, 0.3) is 11.0 Å². The lowest BCUT2D eigenvalue weighted by Gasteiger charge is -2.27. The van der Waals surface area contributed by atoms with Crippen molar-refractivity contribution in [2.24, 2.45) is 0 Å². The van der Waals surface area contributed by atoms with Gasteiger partial charge >= 0.3 is 0 Å². The highest BCUT2D eigenvalue weighted by atomic mass is 19.1. The van der Waals surface area contributed by atoms with Crippen molar-refractivity contribution in [2.75, 3.05) is 0 Å². The molecule has 120 valence electrons. The predicted octanol–water partition coefficient (Wildman–Crippen LogP) is 0.269. The Morgan fingerprint density at radius 2 is 2.14 bits per heavy atom. The van der Waals surface area contributed by atoms with Crippen LogP contribution in [0.5, 0.6) is 0 Å². The minimum atomic E-state index is -1.71. The van der Waals surface area contributed by atoms with Gasteiger partial charge in [-0.1, -0.05) is 0 Å². The molecule has 7 nitrogen and oxygen atoms in total. The number of aliphatic hydroxyl groups is 3. The minimum Gasteiger partial charge on any atom is -0.391 e. The molecule has 0 aromatic carbocycles. The lowest BCUT2D eigenvalue weighted by Crippen LogP contribution is -2.45. The van der Waals surface area contributed by atoms with Gasteiger partial charge in [0.25, 0.3) is 0 Å². The maximum absolute atomic E-state index is 14.2. The summed E-state index contributed by atoms with van der Waals surface area (Å²) in [6.07, 6.45) is -1.93. The van der Waals surface area contributed by atoms with Gasteiger partial charge in [0.15, 0.2) is 12.0 Å². The zero-order valence-corrected chi connectivity index (χ0v) is 12.4. The molecule has 8 heteroatoms. The Bertz CT molecular complexity index is 715.